The first-order valence-electron chi connectivity index (χ1n) is 6.41. The van der Waals surface area contributed by atoms with Gasteiger partial charge in [-0.3, -0.25) is 0 Å². The van der Waals surface area contributed by atoms with Crippen molar-refractivity contribution in [1.29, 1.82) is 0 Å². The Morgan fingerprint density at radius 3 is 2.40 bits per heavy atom. The van der Waals surface area contributed by atoms with Gasteiger partial charge in [0, 0.05) is 22.6 Å². The molecule has 0 saturated heterocycles. The standard InChI is InChI=1S/C16H16BrF2N/c1-10-6-7-12(8-13(10)17)9-20-11(2)16-14(18)4-3-5-15(16)19/h3-8,11,20H,9H2,1-2H3. The Balaban J connectivity index is 2.08. The minimum atomic E-state index is -0.518. The van der Waals surface area contributed by atoms with E-state index in [4.69, 9.17) is 0 Å². The van der Waals surface area contributed by atoms with Crippen molar-refractivity contribution in [1.82, 2.24) is 5.32 Å². The maximum Gasteiger partial charge on any atom is 0.130 e. The summed E-state index contributed by atoms with van der Waals surface area (Å²) in [5, 5.41) is 3.14. The SMILES string of the molecule is Cc1ccc(CNC(C)c2c(F)cccc2F)cc1Br. The molecular formula is C16H16BrF2N. The van der Waals surface area contributed by atoms with Gasteiger partial charge < -0.3 is 5.32 Å². The molecule has 0 spiro atoms. The van der Waals surface area contributed by atoms with Gasteiger partial charge in [-0.25, -0.2) is 8.78 Å². The van der Waals surface area contributed by atoms with Crippen molar-refractivity contribution < 1.29 is 8.78 Å². The van der Waals surface area contributed by atoms with Crippen LogP contribution in [0.15, 0.2) is 40.9 Å². The number of halogens is 3. The van der Waals surface area contributed by atoms with E-state index in [2.05, 4.69) is 21.2 Å². The van der Waals surface area contributed by atoms with Gasteiger partial charge in [-0.05, 0) is 43.2 Å². The van der Waals surface area contributed by atoms with E-state index in [9.17, 15) is 8.78 Å². The summed E-state index contributed by atoms with van der Waals surface area (Å²) in [4.78, 5) is 0. The van der Waals surface area contributed by atoms with Crippen LogP contribution in [0.4, 0.5) is 8.78 Å². The molecule has 2 rings (SSSR count). The third kappa shape index (κ3) is 3.44. The molecule has 0 aliphatic carbocycles. The molecule has 0 amide bonds. The van der Waals surface area contributed by atoms with Crippen molar-refractivity contribution in [2.45, 2.75) is 26.4 Å². The lowest BCUT2D eigenvalue weighted by Crippen LogP contribution is -2.20. The molecule has 0 aliphatic rings. The number of rotatable bonds is 4. The van der Waals surface area contributed by atoms with Crippen LogP contribution >= 0.6 is 15.9 Å². The van der Waals surface area contributed by atoms with E-state index in [1.807, 2.05) is 25.1 Å². The fourth-order valence-electron chi connectivity index (χ4n) is 2.04. The van der Waals surface area contributed by atoms with Gasteiger partial charge in [0.15, 0.2) is 0 Å². The van der Waals surface area contributed by atoms with E-state index in [1.54, 1.807) is 6.92 Å². The fourth-order valence-corrected chi connectivity index (χ4v) is 2.47. The summed E-state index contributed by atoms with van der Waals surface area (Å²) in [5.74, 6) is -1.04. The second-order valence-electron chi connectivity index (χ2n) is 4.82. The van der Waals surface area contributed by atoms with Gasteiger partial charge in [0.25, 0.3) is 0 Å². The molecule has 1 atom stereocenters. The second kappa shape index (κ2) is 6.46. The lowest BCUT2D eigenvalue weighted by molar-refractivity contribution is 0.487. The third-order valence-electron chi connectivity index (χ3n) is 3.28. The normalized spacial score (nSPS) is 12.4. The molecular weight excluding hydrogens is 324 g/mol. The molecule has 0 heterocycles. The van der Waals surface area contributed by atoms with Crippen LogP contribution in [0.3, 0.4) is 0 Å². The van der Waals surface area contributed by atoms with Gasteiger partial charge >= 0.3 is 0 Å². The Kier molecular flexibility index (Phi) is 4.89. The van der Waals surface area contributed by atoms with E-state index in [-0.39, 0.29) is 5.56 Å². The summed E-state index contributed by atoms with van der Waals surface area (Å²) >= 11 is 3.47. The van der Waals surface area contributed by atoms with E-state index in [0.29, 0.717) is 6.54 Å². The Morgan fingerprint density at radius 1 is 1.15 bits per heavy atom. The summed E-state index contributed by atoms with van der Waals surface area (Å²) < 4.78 is 28.3. The summed E-state index contributed by atoms with van der Waals surface area (Å²) in [6.45, 7) is 4.32. The number of aryl methyl sites for hydroxylation is 1. The summed E-state index contributed by atoms with van der Waals surface area (Å²) in [5.41, 5.74) is 2.30. The number of nitrogens with one attached hydrogen (secondary N) is 1. The minimum absolute atomic E-state index is 0.0821. The predicted molar refractivity (Wildman–Crippen MR) is 80.5 cm³/mol. The zero-order valence-electron chi connectivity index (χ0n) is 11.4. The van der Waals surface area contributed by atoms with Crippen LogP contribution in [0.5, 0.6) is 0 Å². The first-order chi connectivity index (χ1) is 9.49. The zero-order chi connectivity index (χ0) is 14.7. The molecule has 0 aromatic heterocycles. The smallest absolute Gasteiger partial charge is 0.130 e. The van der Waals surface area contributed by atoms with Crippen molar-refractivity contribution in [3.05, 3.63) is 69.2 Å². The number of hydrogen-bond donors (Lipinski definition) is 1. The largest absolute Gasteiger partial charge is 0.306 e. The molecule has 106 valence electrons. The molecule has 0 radical (unpaired) electrons. The molecule has 4 heteroatoms. The van der Waals surface area contributed by atoms with Crippen molar-refractivity contribution in [2.24, 2.45) is 0 Å². The second-order valence-corrected chi connectivity index (χ2v) is 5.68. The maximum absolute atomic E-state index is 13.7. The van der Waals surface area contributed by atoms with Crippen LogP contribution in [0.25, 0.3) is 0 Å². The van der Waals surface area contributed by atoms with Gasteiger partial charge in [-0.1, -0.05) is 34.1 Å². The van der Waals surface area contributed by atoms with Gasteiger partial charge in [0.05, 0.1) is 0 Å². The van der Waals surface area contributed by atoms with Crippen LogP contribution in [-0.2, 0) is 6.54 Å². The van der Waals surface area contributed by atoms with Gasteiger partial charge in [-0.2, -0.15) is 0 Å². The highest BCUT2D eigenvalue weighted by atomic mass is 79.9. The highest BCUT2D eigenvalue weighted by Crippen LogP contribution is 2.22. The highest BCUT2D eigenvalue weighted by Gasteiger charge is 2.15. The molecule has 0 fully saturated rings. The van der Waals surface area contributed by atoms with Crippen molar-refractivity contribution in [3.63, 3.8) is 0 Å². The molecule has 0 aliphatic heterocycles. The van der Waals surface area contributed by atoms with Crippen molar-refractivity contribution in [3.8, 4) is 0 Å². The van der Waals surface area contributed by atoms with Crippen molar-refractivity contribution in [2.75, 3.05) is 0 Å². The Morgan fingerprint density at radius 2 is 1.80 bits per heavy atom. The maximum atomic E-state index is 13.7. The van der Waals surface area contributed by atoms with Crippen LogP contribution in [0.2, 0.25) is 0 Å². The molecule has 0 bridgehead atoms. The molecule has 1 N–H and O–H groups in total. The lowest BCUT2D eigenvalue weighted by atomic mass is 10.1. The van der Waals surface area contributed by atoms with Gasteiger partial charge in [0.1, 0.15) is 11.6 Å². The van der Waals surface area contributed by atoms with Gasteiger partial charge in [0.2, 0.25) is 0 Å². The molecule has 20 heavy (non-hydrogen) atoms. The summed E-state index contributed by atoms with van der Waals surface area (Å²) in [6.07, 6.45) is 0. The molecule has 2 aromatic carbocycles. The van der Waals surface area contributed by atoms with Gasteiger partial charge in [-0.15, -0.1) is 0 Å². The predicted octanol–water partition coefficient (Wildman–Crippen LogP) is 4.89. The average Bonchev–Trinajstić information content (AvgIpc) is 2.40. The molecule has 1 unspecified atom stereocenters. The highest BCUT2D eigenvalue weighted by molar-refractivity contribution is 9.10. The third-order valence-corrected chi connectivity index (χ3v) is 4.14. The van der Waals surface area contributed by atoms with Crippen LogP contribution in [-0.4, -0.2) is 0 Å². The Labute approximate surface area is 126 Å². The van der Waals surface area contributed by atoms with E-state index < -0.39 is 17.7 Å². The van der Waals surface area contributed by atoms with Crippen LogP contribution < -0.4 is 5.32 Å². The van der Waals surface area contributed by atoms with Crippen LogP contribution in [0.1, 0.15) is 29.7 Å². The Bertz CT molecular complexity index is 593. The van der Waals surface area contributed by atoms with Crippen LogP contribution in [0, 0.1) is 18.6 Å². The monoisotopic (exact) mass is 339 g/mol. The first kappa shape index (κ1) is 15.1. The van der Waals surface area contributed by atoms with E-state index >= 15 is 0 Å². The van der Waals surface area contributed by atoms with Crippen molar-refractivity contribution >= 4 is 15.9 Å². The first-order valence-corrected chi connectivity index (χ1v) is 7.20. The minimum Gasteiger partial charge on any atom is -0.306 e. The zero-order valence-corrected chi connectivity index (χ0v) is 13.0. The topological polar surface area (TPSA) is 12.0 Å². The average molecular weight is 340 g/mol. The quantitative estimate of drug-likeness (QED) is 0.836. The molecule has 2 aromatic rings. The summed E-state index contributed by atoms with van der Waals surface area (Å²) in [6, 6.07) is 9.55. The lowest BCUT2D eigenvalue weighted by Gasteiger charge is -2.16. The number of hydrogen-bond acceptors (Lipinski definition) is 1. The Hall–Kier alpha value is -1.26. The van der Waals surface area contributed by atoms with E-state index in [0.717, 1.165) is 15.6 Å². The molecule has 0 saturated carbocycles. The molecule has 1 nitrogen and oxygen atoms in total. The van der Waals surface area contributed by atoms with E-state index in [1.165, 1.54) is 18.2 Å². The fraction of sp³-hybridized carbons (Fsp3) is 0.250. The number of benzene rings is 2. The summed E-state index contributed by atoms with van der Waals surface area (Å²) in [7, 11) is 0.